The summed E-state index contributed by atoms with van der Waals surface area (Å²) in [6, 6.07) is 37.3. The van der Waals surface area contributed by atoms with E-state index in [1.165, 1.54) is 11.1 Å². The molecule has 0 aliphatic heterocycles. The van der Waals surface area contributed by atoms with Gasteiger partial charge < -0.3 is 10.6 Å². The van der Waals surface area contributed by atoms with Crippen LogP contribution in [0.15, 0.2) is 118 Å². The van der Waals surface area contributed by atoms with E-state index in [2.05, 4.69) is 105 Å². The summed E-state index contributed by atoms with van der Waals surface area (Å²) < 4.78 is 2.00. The molecule has 0 aliphatic rings. The zero-order chi connectivity index (χ0) is 26.9. The van der Waals surface area contributed by atoms with Crippen LogP contribution in [-0.4, -0.2) is 18.9 Å². The highest BCUT2D eigenvalue weighted by atomic mass is 79.9. The summed E-state index contributed by atoms with van der Waals surface area (Å²) in [4.78, 5) is 14.4. The number of carbonyl (C=O) groups is 1. The van der Waals surface area contributed by atoms with E-state index in [4.69, 9.17) is 0 Å². The first-order valence-corrected chi connectivity index (χ1v) is 14.6. The average Bonchev–Trinajstić information content (AvgIpc) is 2.95. The fraction of sp³-hybridized carbons (Fsp3) is 0.242. The number of rotatable bonds is 12. The number of hydrogen-bond donors (Lipinski definition) is 2. The smallest absolute Gasteiger partial charge is 0.150 e. The number of Topliss-reactive ketones (excluding diaryl/α,β-unsaturated/α-hetero) is 1. The number of halogens is 2. The minimum Gasteiger partial charge on any atom is -0.309 e. The second-order valence-corrected chi connectivity index (χ2v) is 11.5. The monoisotopic (exact) mass is 632 g/mol. The molecule has 5 heteroatoms. The summed E-state index contributed by atoms with van der Waals surface area (Å²) >= 11 is 7.09. The Morgan fingerprint density at radius 1 is 0.553 bits per heavy atom. The molecule has 0 amide bonds. The Kier molecular flexibility index (Phi) is 10.5. The highest BCUT2D eigenvalue weighted by Gasteiger charge is 2.30. The van der Waals surface area contributed by atoms with E-state index in [-0.39, 0.29) is 29.7 Å². The third kappa shape index (κ3) is 7.73. The summed E-state index contributed by atoms with van der Waals surface area (Å²) in [5.41, 5.74) is 4.45. The Morgan fingerprint density at radius 3 is 1.24 bits per heavy atom. The molecule has 0 saturated heterocycles. The van der Waals surface area contributed by atoms with Crippen molar-refractivity contribution in [3.63, 3.8) is 0 Å². The molecule has 0 saturated carbocycles. The molecule has 38 heavy (non-hydrogen) atoms. The molecule has 4 atom stereocenters. The molecule has 0 spiro atoms. The van der Waals surface area contributed by atoms with E-state index in [0.29, 0.717) is 13.1 Å². The fourth-order valence-electron chi connectivity index (χ4n) is 4.71. The van der Waals surface area contributed by atoms with E-state index < -0.39 is 0 Å². The summed E-state index contributed by atoms with van der Waals surface area (Å²) in [5, 5.41) is 7.28. The van der Waals surface area contributed by atoms with Gasteiger partial charge in [0.2, 0.25) is 0 Å². The van der Waals surface area contributed by atoms with Crippen LogP contribution in [0.2, 0.25) is 0 Å². The van der Waals surface area contributed by atoms with Gasteiger partial charge >= 0.3 is 0 Å². The summed E-state index contributed by atoms with van der Waals surface area (Å²) in [6.07, 6.45) is 0. The highest BCUT2D eigenvalue weighted by molar-refractivity contribution is 9.10. The summed E-state index contributed by atoms with van der Waals surface area (Å²) in [6.45, 7) is 5.40. The first-order valence-electron chi connectivity index (χ1n) is 13.0. The third-order valence-electron chi connectivity index (χ3n) is 7.09. The lowest BCUT2D eigenvalue weighted by Gasteiger charge is -2.27. The van der Waals surface area contributed by atoms with Gasteiger partial charge in [-0.15, -0.1) is 0 Å². The molecule has 4 aromatic rings. The van der Waals surface area contributed by atoms with Crippen molar-refractivity contribution in [2.45, 2.75) is 37.8 Å². The van der Waals surface area contributed by atoms with Crippen molar-refractivity contribution in [3.05, 3.63) is 140 Å². The lowest BCUT2D eigenvalue weighted by Crippen LogP contribution is -2.36. The molecule has 196 valence electrons. The predicted molar refractivity (Wildman–Crippen MR) is 164 cm³/mol. The van der Waals surface area contributed by atoms with Crippen LogP contribution < -0.4 is 10.6 Å². The van der Waals surface area contributed by atoms with Crippen LogP contribution in [0, 0.1) is 0 Å². The number of benzene rings is 4. The molecule has 2 unspecified atom stereocenters. The lowest BCUT2D eigenvalue weighted by molar-refractivity contribution is -0.121. The van der Waals surface area contributed by atoms with Crippen LogP contribution >= 0.6 is 31.9 Å². The highest BCUT2D eigenvalue weighted by Crippen LogP contribution is 2.29. The molecule has 0 aliphatic carbocycles. The molecule has 0 bridgehead atoms. The van der Waals surface area contributed by atoms with Gasteiger partial charge in [0.25, 0.3) is 0 Å². The van der Waals surface area contributed by atoms with Crippen LogP contribution in [0.3, 0.4) is 0 Å². The van der Waals surface area contributed by atoms with E-state index in [1.54, 1.807) is 0 Å². The quantitative estimate of drug-likeness (QED) is 0.165. The zero-order valence-corrected chi connectivity index (χ0v) is 25.0. The maximum atomic E-state index is 14.4. The standard InChI is InChI=1S/C33H34Br2N2O/c1-23(25-9-5-3-6-10-25)36-21-31(27-13-17-29(34)18-14-27)33(38)32(28-15-19-30(35)20-16-28)22-37-24(2)26-11-7-4-8-12-26/h3-20,23-24,31-32,36-37H,21-22H2,1-2H3/t23-,24-,31?,32?/m0/s1. The fourth-order valence-corrected chi connectivity index (χ4v) is 5.24. The number of hydrogen-bond acceptors (Lipinski definition) is 3. The van der Waals surface area contributed by atoms with E-state index in [1.807, 2.05) is 60.7 Å². The van der Waals surface area contributed by atoms with Gasteiger partial charge in [-0.2, -0.15) is 0 Å². The van der Waals surface area contributed by atoms with E-state index in [9.17, 15) is 4.79 Å². The maximum absolute atomic E-state index is 14.4. The molecule has 0 heterocycles. The molecule has 2 N–H and O–H groups in total. The largest absolute Gasteiger partial charge is 0.309 e. The SMILES string of the molecule is C[C@H](NCC(C(=O)C(CN[C@@H](C)c1ccccc1)c1ccc(Br)cc1)c1ccc(Br)cc1)c1ccccc1. The van der Waals surface area contributed by atoms with Gasteiger partial charge in [-0.25, -0.2) is 0 Å². The maximum Gasteiger partial charge on any atom is 0.150 e. The van der Waals surface area contributed by atoms with E-state index >= 15 is 0 Å². The van der Waals surface area contributed by atoms with Crippen molar-refractivity contribution in [1.29, 1.82) is 0 Å². The Bertz CT molecular complexity index is 1180. The van der Waals surface area contributed by atoms with Crippen LogP contribution in [0.4, 0.5) is 0 Å². The molecule has 0 radical (unpaired) electrons. The third-order valence-corrected chi connectivity index (χ3v) is 8.14. The Labute approximate surface area is 243 Å². The first kappa shape index (κ1) is 28.4. The van der Waals surface area contributed by atoms with Crippen LogP contribution in [0.25, 0.3) is 0 Å². The second-order valence-electron chi connectivity index (χ2n) is 9.69. The lowest BCUT2D eigenvalue weighted by atomic mass is 9.83. The number of ketones is 1. The molecule has 3 nitrogen and oxygen atoms in total. The summed E-state index contributed by atoms with van der Waals surface area (Å²) in [7, 11) is 0. The number of carbonyl (C=O) groups excluding carboxylic acids is 1. The van der Waals surface area contributed by atoms with Gasteiger partial charge in [0.05, 0.1) is 11.8 Å². The molecular weight excluding hydrogens is 600 g/mol. The first-order chi connectivity index (χ1) is 18.4. The van der Waals surface area contributed by atoms with Gasteiger partial charge in [-0.3, -0.25) is 4.79 Å². The van der Waals surface area contributed by atoms with Gasteiger partial charge in [0, 0.05) is 34.1 Å². The van der Waals surface area contributed by atoms with Crippen molar-refractivity contribution < 1.29 is 4.79 Å². The Balaban J connectivity index is 1.60. The average molecular weight is 634 g/mol. The zero-order valence-electron chi connectivity index (χ0n) is 21.8. The molecule has 0 fully saturated rings. The van der Waals surface area contributed by atoms with E-state index in [0.717, 1.165) is 20.1 Å². The normalized spacial score (nSPS) is 14.4. The Hall–Kier alpha value is -2.57. The van der Waals surface area contributed by atoms with Crippen molar-refractivity contribution in [2.24, 2.45) is 0 Å². The topological polar surface area (TPSA) is 41.1 Å². The predicted octanol–water partition coefficient (Wildman–Crippen LogP) is 8.35. The van der Waals surface area contributed by atoms with Gasteiger partial charge in [0.1, 0.15) is 5.78 Å². The molecule has 4 aromatic carbocycles. The molecule has 4 rings (SSSR count). The second kappa shape index (κ2) is 14.0. The van der Waals surface area contributed by atoms with Gasteiger partial charge in [-0.1, -0.05) is 117 Å². The van der Waals surface area contributed by atoms with Crippen LogP contribution in [0.5, 0.6) is 0 Å². The van der Waals surface area contributed by atoms with Crippen molar-refractivity contribution in [1.82, 2.24) is 10.6 Å². The van der Waals surface area contributed by atoms with Gasteiger partial charge in [0.15, 0.2) is 0 Å². The minimum atomic E-state index is -0.295. The summed E-state index contributed by atoms with van der Waals surface area (Å²) in [5.74, 6) is -0.386. The van der Waals surface area contributed by atoms with Crippen molar-refractivity contribution in [2.75, 3.05) is 13.1 Å². The Morgan fingerprint density at radius 2 is 0.895 bits per heavy atom. The van der Waals surface area contributed by atoms with Crippen LogP contribution in [-0.2, 0) is 4.79 Å². The minimum absolute atomic E-state index is 0.129. The molecule has 0 aromatic heterocycles. The van der Waals surface area contributed by atoms with Gasteiger partial charge in [-0.05, 0) is 60.4 Å². The van der Waals surface area contributed by atoms with Crippen molar-refractivity contribution >= 4 is 37.6 Å². The van der Waals surface area contributed by atoms with Crippen molar-refractivity contribution in [3.8, 4) is 0 Å². The van der Waals surface area contributed by atoms with Crippen LogP contribution in [0.1, 0.15) is 60.0 Å². The molecular formula is C33H34Br2N2O. The number of nitrogens with one attached hydrogen (secondary N) is 2.